The molecular formula is C21H19N3O5. The van der Waals surface area contributed by atoms with Crippen LogP contribution in [0.15, 0.2) is 42.5 Å². The molecule has 0 unspecified atom stereocenters. The predicted molar refractivity (Wildman–Crippen MR) is 104 cm³/mol. The summed E-state index contributed by atoms with van der Waals surface area (Å²) in [5.74, 6) is -0.849. The quantitative estimate of drug-likeness (QED) is 0.794. The fourth-order valence-electron chi connectivity index (χ4n) is 3.46. The number of hydrogen-bond donors (Lipinski definition) is 1. The van der Waals surface area contributed by atoms with Crippen LogP contribution in [0.1, 0.15) is 38.0 Å². The second-order valence-electron chi connectivity index (χ2n) is 6.71. The van der Waals surface area contributed by atoms with Crippen LogP contribution in [-0.4, -0.2) is 54.8 Å². The number of piperazine rings is 1. The van der Waals surface area contributed by atoms with Gasteiger partial charge in [-0.1, -0.05) is 0 Å². The van der Waals surface area contributed by atoms with E-state index in [0.717, 1.165) is 4.90 Å². The first kappa shape index (κ1) is 18.7. The number of hydrogen-bond acceptors (Lipinski definition) is 5. The minimum atomic E-state index is -0.486. The van der Waals surface area contributed by atoms with Crippen molar-refractivity contribution in [2.75, 3.05) is 31.1 Å². The van der Waals surface area contributed by atoms with Crippen LogP contribution in [0.4, 0.5) is 5.69 Å². The van der Waals surface area contributed by atoms with Crippen LogP contribution in [-0.2, 0) is 4.79 Å². The number of benzene rings is 2. The normalized spacial score (nSPS) is 16.0. The van der Waals surface area contributed by atoms with Crippen LogP contribution in [0, 0.1) is 0 Å². The topological polar surface area (TPSA) is 96.0 Å². The molecule has 1 fully saturated rings. The number of ether oxygens (including phenoxy) is 1. The zero-order valence-electron chi connectivity index (χ0n) is 15.8. The van der Waals surface area contributed by atoms with Crippen molar-refractivity contribution in [2.45, 2.75) is 6.92 Å². The van der Waals surface area contributed by atoms with Crippen molar-refractivity contribution in [2.24, 2.45) is 0 Å². The Labute approximate surface area is 167 Å². The Morgan fingerprint density at radius 2 is 1.76 bits per heavy atom. The lowest BCUT2D eigenvalue weighted by atomic mass is 10.0. The van der Waals surface area contributed by atoms with Gasteiger partial charge in [-0.2, -0.15) is 0 Å². The summed E-state index contributed by atoms with van der Waals surface area (Å²) in [5.41, 5.74) is 1.13. The Balaban J connectivity index is 1.60. The molecule has 1 saturated heterocycles. The highest BCUT2D eigenvalue weighted by molar-refractivity contribution is 6.34. The summed E-state index contributed by atoms with van der Waals surface area (Å²) in [5, 5.41) is 2.66. The maximum absolute atomic E-state index is 12.9. The van der Waals surface area contributed by atoms with Gasteiger partial charge in [-0.3, -0.25) is 19.2 Å². The Bertz CT molecular complexity index is 1020. The third-order valence-corrected chi connectivity index (χ3v) is 4.87. The van der Waals surface area contributed by atoms with Gasteiger partial charge in [0, 0.05) is 18.7 Å². The highest BCUT2D eigenvalue weighted by atomic mass is 16.5. The molecule has 0 aliphatic carbocycles. The number of nitrogens with one attached hydrogen (secondary N) is 1. The number of fused-ring (bicyclic) bond motifs is 1. The monoisotopic (exact) mass is 393 g/mol. The van der Waals surface area contributed by atoms with Gasteiger partial charge < -0.3 is 15.0 Å². The van der Waals surface area contributed by atoms with E-state index >= 15 is 0 Å². The molecule has 0 atom stereocenters. The van der Waals surface area contributed by atoms with Gasteiger partial charge in [0.15, 0.2) is 0 Å². The number of carbonyl (C=O) groups excluding carboxylic acids is 4. The lowest BCUT2D eigenvalue weighted by Crippen LogP contribution is -2.50. The standard InChI is InChI=1S/C21H19N3O5/c1-2-29-15-6-4-14(5-7-15)24-20(27)16-8-3-13(11-17(16)21(24)28)19(26)23-10-9-22-18(25)12-23/h3-8,11H,2,9-10,12H2,1H3,(H,22,25). The Kier molecular flexibility index (Phi) is 4.75. The average Bonchev–Trinajstić information content (AvgIpc) is 2.98. The Hall–Kier alpha value is -3.68. The summed E-state index contributed by atoms with van der Waals surface area (Å²) < 4.78 is 5.39. The van der Waals surface area contributed by atoms with E-state index in [9.17, 15) is 19.2 Å². The van der Waals surface area contributed by atoms with Crippen molar-refractivity contribution in [1.29, 1.82) is 0 Å². The highest BCUT2D eigenvalue weighted by Crippen LogP contribution is 2.30. The summed E-state index contributed by atoms with van der Waals surface area (Å²) in [6.45, 7) is 3.14. The summed E-state index contributed by atoms with van der Waals surface area (Å²) in [4.78, 5) is 52.4. The van der Waals surface area contributed by atoms with E-state index < -0.39 is 11.8 Å². The van der Waals surface area contributed by atoms with Gasteiger partial charge in [-0.25, -0.2) is 4.90 Å². The minimum absolute atomic E-state index is 0.0267. The van der Waals surface area contributed by atoms with E-state index in [-0.39, 0.29) is 35.0 Å². The lowest BCUT2D eigenvalue weighted by molar-refractivity contribution is -0.123. The first-order valence-electron chi connectivity index (χ1n) is 9.31. The molecule has 148 valence electrons. The smallest absolute Gasteiger partial charge is 0.266 e. The van der Waals surface area contributed by atoms with Crippen molar-refractivity contribution < 1.29 is 23.9 Å². The molecule has 2 aliphatic rings. The predicted octanol–water partition coefficient (Wildman–Crippen LogP) is 1.46. The maximum Gasteiger partial charge on any atom is 0.266 e. The molecule has 2 aromatic carbocycles. The number of carbonyl (C=O) groups is 4. The molecule has 4 rings (SSSR count). The molecule has 2 aromatic rings. The number of anilines is 1. The zero-order valence-corrected chi connectivity index (χ0v) is 15.8. The molecule has 8 nitrogen and oxygen atoms in total. The van der Waals surface area contributed by atoms with Crippen molar-refractivity contribution in [1.82, 2.24) is 10.2 Å². The van der Waals surface area contributed by atoms with E-state index in [1.807, 2.05) is 6.92 Å². The van der Waals surface area contributed by atoms with Crippen molar-refractivity contribution in [3.8, 4) is 5.75 Å². The van der Waals surface area contributed by atoms with Crippen LogP contribution in [0.5, 0.6) is 5.75 Å². The van der Waals surface area contributed by atoms with Crippen LogP contribution in [0.2, 0.25) is 0 Å². The third-order valence-electron chi connectivity index (χ3n) is 4.87. The van der Waals surface area contributed by atoms with Gasteiger partial charge in [0.25, 0.3) is 17.7 Å². The van der Waals surface area contributed by atoms with Gasteiger partial charge in [-0.15, -0.1) is 0 Å². The number of imide groups is 1. The van der Waals surface area contributed by atoms with Crippen LogP contribution in [0.25, 0.3) is 0 Å². The molecule has 1 N–H and O–H groups in total. The van der Waals surface area contributed by atoms with E-state index in [2.05, 4.69) is 5.32 Å². The van der Waals surface area contributed by atoms with E-state index in [1.165, 1.54) is 23.1 Å². The van der Waals surface area contributed by atoms with Crippen LogP contribution in [0.3, 0.4) is 0 Å². The molecule has 2 heterocycles. The Morgan fingerprint density at radius 3 is 2.45 bits per heavy atom. The van der Waals surface area contributed by atoms with Crippen LogP contribution < -0.4 is 15.0 Å². The van der Waals surface area contributed by atoms with E-state index in [4.69, 9.17) is 4.74 Å². The van der Waals surface area contributed by atoms with Gasteiger partial charge in [0.05, 0.1) is 30.0 Å². The molecule has 0 bridgehead atoms. The number of rotatable bonds is 4. The largest absolute Gasteiger partial charge is 0.494 e. The SMILES string of the molecule is CCOc1ccc(N2C(=O)c3ccc(C(=O)N4CCNC(=O)C4)cc3C2=O)cc1. The second kappa shape index (κ2) is 7.38. The van der Waals surface area contributed by atoms with Crippen molar-refractivity contribution in [3.63, 3.8) is 0 Å². The van der Waals surface area contributed by atoms with E-state index in [1.54, 1.807) is 24.3 Å². The molecular weight excluding hydrogens is 374 g/mol. The second-order valence-corrected chi connectivity index (χ2v) is 6.71. The first-order valence-corrected chi connectivity index (χ1v) is 9.31. The molecule has 0 spiro atoms. The van der Waals surface area contributed by atoms with Crippen LogP contribution >= 0.6 is 0 Å². The average molecular weight is 393 g/mol. The number of nitrogens with zero attached hydrogens (tertiary/aromatic N) is 2. The fraction of sp³-hybridized carbons (Fsp3) is 0.238. The third kappa shape index (κ3) is 3.33. The summed E-state index contributed by atoms with van der Waals surface area (Å²) >= 11 is 0. The minimum Gasteiger partial charge on any atom is -0.494 e. The molecule has 0 radical (unpaired) electrons. The molecule has 0 aromatic heterocycles. The Morgan fingerprint density at radius 1 is 1.03 bits per heavy atom. The van der Waals surface area contributed by atoms with Gasteiger partial charge in [0.1, 0.15) is 5.75 Å². The van der Waals surface area contributed by atoms with Gasteiger partial charge >= 0.3 is 0 Å². The van der Waals surface area contributed by atoms with Gasteiger partial charge in [-0.05, 0) is 49.4 Å². The molecule has 29 heavy (non-hydrogen) atoms. The fourth-order valence-corrected chi connectivity index (χ4v) is 3.46. The lowest BCUT2D eigenvalue weighted by Gasteiger charge is -2.26. The summed E-state index contributed by atoms with van der Waals surface area (Å²) in [6, 6.07) is 11.1. The molecule has 0 saturated carbocycles. The maximum atomic E-state index is 12.9. The van der Waals surface area contributed by atoms with E-state index in [0.29, 0.717) is 31.1 Å². The van der Waals surface area contributed by atoms with Crippen molar-refractivity contribution in [3.05, 3.63) is 59.2 Å². The molecule has 8 heteroatoms. The zero-order chi connectivity index (χ0) is 20.5. The summed E-state index contributed by atoms with van der Waals surface area (Å²) in [7, 11) is 0. The highest BCUT2D eigenvalue weighted by Gasteiger charge is 2.37. The summed E-state index contributed by atoms with van der Waals surface area (Å²) in [6.07, 6.45) is 0. The molecule has 2 aliphatic heterocycles. The first-order chi connectivity index (χ1) is 14.0. The molecule has 4 amide bonds. The van der Waals surface area contributed by atoms with Gasteiger partial charge in [0.2, 0.25) is 5.91 Å². The number of amides is 4. The van der Waals surface area contributed by atoms with Crippen molar-refractivity contribution >= 4 is 29.3 Å².